The topological polar surface area (TPSA) is 141 Å². The van der Waals surface area contributed by atoms with Gasteiger partial charge in [-0.3, -0.25) is 19.4 Å². The fraction of sp³-hybridized carbons (Fsp3) is 0.268. The second-order valence-corrected chi connectivity index (χ2v) is 15.1. The standard InChI is InChI=1S/C41H37N7O4S/c1-25-19-31(37(44-22-25)47-17-13-41(14-18-47)23-52-24-41)38(49)45-30-10-8-27(9-11-30)40(51)48-16-12-28-20-33(53-36(28)35-32(48)7-4-15-43-35)39(50)46-34-26(2)5-3-6-29(34)21-42/h3-11,15,19-20,22H,12-14,16-18,23-24H2,1-2H3,(H,45,49)(H,46,50). The van der Waals surface area contributed by atoms with Crippen LogP contribution in [0.3, 0.4) is 0 Å². The summed E-state index contributed by atoms with van der Waals surface area (Å²) >= 11 is 1.32. The van der Waals surface area contributed by atoms with Crippen LogP contribution in [0.2, 0.25) is 0 Å². The number of rotatable bonds is 6. The molecule has 0 atom stereocenters. The maximum Gasteiger partial charge on any atom is 0.265 e. The highest BCUT2D eigenvalue weighted by Crippen LogP contribution is 2.42. The number of aryl methyl sites for hydroxylation is 2. The lowest BCUT2D eigenvalue weighted by molar-refractivity contribution is -0.124. The fourth-order valence-electron chi connectivity index (χ4n) is 7.29. The number of pyridine rings is 2. The van der Waals surface area contributed by atoms with Gasteiger partial charge in [0, 0.05) is 48.7 Å². The van der Waals surface area contributed by atoms with E-state index in [4.69, 9.17) is 4.74 Å². The number of thiophene rings is 1. The molecule has 2 aromatic carbocycles. The lowest BCUT2D eigenvalue weighted by atomic mass is 9.77. The number of nitrogens with zero attached hydrogens (tertiary/aromatic N) is 5. The number of nitriles is 1. The molecule has 0 bridgehead atoms. The van der Waals surface area contributed by atoms with Crippen LogP contribution in [-0.2, 0) is 11.2 Å². The van der Waals surface area contributed by atoms with Crippen molar-refractivity contribution in [3.8, 4) is 16.6 Å². The highest BCUT2D eigenvalue weighted by Gasteiger charge is 2.42. The smallest absolute Gasteiger partial charge is 0.265 e. The molecular formula is C41H37N7O4S. The molecule has 5 aromatic rings. The third kappa shape index (κ3) is 6.54. The van der Waals surface area contributed by atoms with Crippen molar-refractivity contribution in [2.45, 2.75) is 33.1 Å². The van der Waals surface area contributed by atoms with Crippen LogP contribution in [0.5, 0.6) is 0 Å². The van der Waals surface area contributed by atoms with Crippen LogP contribution in [0.25, 0.3) is 10.6 Å². The maximum absolute atomic E-state index is 14.0. The van der Waals surface area contributed by atoms with Crippen molar-refractivity contribution < 1.29 is 19.1 Å². The molecule has 266 valence electrons. The first-order chi connectivity index (χ1) is 25.7. The molecule has 6 heterocycles. The minimum absolute atomic E-state index is 0.196. The van der Waals surface area contributed by atoms with Crippen molar-refractivity contribution in [1.82, 2.24) is 9.97 Å². The number of aromatic nitrogens is 2. The molecule has 3 aromatic heterocycles. The Balaban J connectivity index is 0.980. The van der Waals surface area contributed by atoms with Crippen molar-refractivity contribution in [1.29, 1.82) is 5.26 Å². The zero-order chi connectivity index (χ0) is 36.7. The van der Waals surface area contributed by atoms with E-state index in [-0.39, 0.29) is 23.1 Å². The molecule has 12 heteroatoms. The first-order valence-corrected chi connectivity index (χ1v) is 18.5. The van der Waals surface area contributed by atoms with Crippen molar-refractivity contribution in [3.63, 3.8) is 0 Å². The Morgan fingerprint density at radius 3 is 2.45 bits per heavy atom. The van der Waals surface area contributed by atoms with E-state index < -0.39 is 0 Å². The molecule has 3 aliphatic heterocycles. The Labute approximate surface area is 311 Å². The summed E-state index contributed by atoms with van der Waals surface area (Å²) in [7, 11) is 0. The Morgan fingerprint density at radius 2 is 1.72 bits per heavy atom. The second-order valence-electron chi connectivity index (χ2n) is 14.0. The van der Waals surface area contributed by atoms with Gasteiger partial charge in [-0.25, -0.2) is 4.98 Å². The number of carbonyl (C=O) groups excluding carboxylic acids is 3. The molecule has 0 unspecified atom stereocenters. The first-order valence-electron chi connectivity index (χ1n) is 17.6. The van der Waals surface area contributed by atoms with Crippen molar-refractivity contribution in [2.75, 3.05) is 53.3 Å². The lowest BCUT2D eigenvalue weighted by Crippen LogP contribution is -2.51. The first kappa shape index (κ1) is 34.2. The Kier molecular flexibility index (Phi) is 8.98. The van der Waals surface area contributed by atoms with Crippen LogP contribution in [-0.4, -0.2) is 60.5 Å². The lowest BCUT2D eigenvalue weighted by Gasteiger charge is -2.47. The van der Waals surface area contributed by atoms with E-state index in [0.29, 0.717) is 63.1 Å². The molecule has 0 saturated carbocycles. The van der Waals surface area contributed by atoms with Gasteiger partial charge in [-0.15, -0.1) is 11.3 Å². The number of amides is 3. The fourth-order valence-corrected chi connectivity index (χ4v) is 8.40. The molecule has 2 fully saturated rings. The molecule has 11 nitrogen and oxygen atoms in total. The predicted molar refractivity (Wildman–Crippen MR) is 205 cm³/mol. The minimum atomic E-state index is -0.301. The predicted octanol–water partition coefficient (Wildman–Crippen LogP) is 7.02. The zero-order valence-corrected chi connectivity index (χ0v) is 30.3. The summed E-state index contributed by atoms with van der Waals surface area (Å²) < 4.78 is 5.48. The Bertz CT molecular complexity index is 2300. The summed E-state index contributed by atoms with van der Waals surface area (Å²) in [4.78, 5) is 55.6. The van der Waals surface area contributed by atoms with Gasteiger partial charge in [0.05, 0.1) is 45.5 Å². The van der Waals surface area contributed by atoms with E-state index in [2.05, 4.69) is 31.6 Å². The van der Waals surface area contributed by atoms with Crippen molar-refractivity contribution >= 4 is 51.9 Å². The van der Waals surface area contributed by atoms with Crippen LogP contribution < -0.4 is 20.4 Å². The second kappa shape index (κ2) is 13.9. The number of fused-ring (bicyclic) bond motifs is 3. The van der Waals surface area contributed by atoms with Gasteiger partial charge in [0.25, 0.3) is 17.7 Å². The summed E-state index contributed by atoms with van der Waals surface area (Å²) in [5.41, 5.74) is 6.64. The molecule has 2 saturated heterocycles. The number of hydrogen-bond donors (Lipinski definition) is 2. The number of nitrogens with one attached hydrogen (secondary N) is 2. The number of carbonyl (C=O) groups is 3. The Morgan fingerprint density at radius 1 is 0.925 bits per heavy atom. The number of hydrogen-bond acceptors (Lipinski definition) is 9. The van der Waals surface area contributed by atoms with E-state index in [1.807, 2.05) is 38.1 Å². The number of para-hydroxylation sites is 1. The molecule has 2 N–H and O–H groups in total. The third-order valence-corrected chi connectivity index (χ3v) is 11.6. The molecule has 3 amide bonds. The number of benzene rings is 2. The van der Waals surface area contributed by atoms with Crippen LogP contribution in [0, 0.1) is 30.6 Å². The average Bonchev–Trinajstić information content (AvgIpc) is 3.53. The highest BCUT2D eigenvalue weighted by atomic mass is 32.1. The van der Waals surface area contributed by atoms with Crippen LogP contribution in [0.15, 0.2) is 79.1 Å². The number of anilines is 4. The van der Waals surface area contributed by atoms with Gasteiger partial charge in [-0.05, 0) is 104 Å². The summed E-state index contributed by atoms with van der Waals surface area (Å²) in [6, 6.07) is 21.8. The van der Waals surface area contributed by atoms with Crippen molar-refractivity contribution in [2.24, 2.45) is 5.41 Å². The van der Waals surface area contributed by atoms with E-state index >= 15 is 0 Å². The van der Waals surface area contributed by atoms with Gasteiger partial charge in [0.15, 0.2) is 0 Å². The van der Waals surface area contributed by atoms with Gasteiger partial charge in [0.2, 0.25) is 0 Å². The minimum Gasteiger partial charge on any atom is -0.380 e. The normalized spacial score (nSPS) is 15.7. The number of ether oxygens (including phenoxy) is 1. The SMILES string of the molecule is Cc1cnc(N2CCC3(CC2)COC3)c(C(=O)Nc2ccc(C(=O)N3CCc4cc(C(=O)Nc5c(C)cccc5C#N)sc4-c4ncccc43)cc2)c1. The van der Waals surface area contributed by atoms with Crippen LogP contribution in [0.4, 0.5) is 22.9 Å². The highest BCUT2D eigenvalue weighted by molar-refractivity contribution is 7.17. The van der Waals surface area contributed by atoms with E-state index in [9.17, 15) is 19.6 Å². The van der Waals surface area contributed by atoms with Gasteiger partial charge < -0.3 is 25.2 Å². The summed E-state index contributed by atoms with van der Waals surface area (Å²) in [5.74, 6) is -0.0632. The molecule has 0 aliphatic carbocycles. The van der Waals surface area contributed by atoms with Gasteiger partial charge in [-0.2, -0.15) is 5.26 Å². The largest absolute Gasteiger partial charge is 0.380 e. The van der Waals surface area contributed by atoms with Gasteiger partial charge in [0.1, 0.15) is 17.6 Å². The summed E-state index contributed by atoms with van der Waals surface area (Å²) in [6.07, 6.45) is 6.03. The van der Waals surface area contributed by atoms with Gasteiger partial charge >= 0.3 is 0 Å². The Hall–Kier alpha value is -5.90. The summed E-state index contributed by atoms with van der Waals surface area (Å²) in [5, 5.41) is 15.5. The zero-order valence-electron chi connectivity index (χ0n) is 29.4. The quantitative estimate of drug-likeness (QED) is 0.191. The average molecular weight is 724 g/mol. The van der Waals surface area contributed by atoms with E-state index in [1.165, 1.54) is 11.3 Å². The summed E-state index contributed by atoms with van der Waals surface area (Å²) in [6.45, 7) is 7.44. The molecule has 1 spiro atoms. The molecular weight excluding hydrogens is 687 g/mol. The van der Waals surface area contributed by atoms with Crippen molar-refractivity contribution in [3.05, 3.63) is 117 Å². The number of piperidine rings is 1. The van der Waals surface area contributed by atoms with E-state index in [0.717, 1.165) is 60.7 Å². The monoisotopic (exact) mass is 723 g/mol. The van der Waals surface area contributed by atoms with Gasteiger partial charge in [-0.1, -0.05) is 12.1 Å². The van der Waals surface area contributed by atoms with E-state index in [1.54, 1.807) is 59.8 Å². The maximum atomic E-state index is 14.0. The molecule has 3 aliphatic rings. The molecule has 53 heavy (non-hydrogen) atoms. The molecule has 0 radical (unpaired) electrons. The third-order valence-electron chi connectivity index (χ3n) is 10.4. The molecule has 8 rings (SSSR count). The van der Waals surface area contributed by atoms with Crippen LogP contribution >= 0.6 is 11.3 Å². The van der Waals surface area contributed by atoms with Crippen LogP contribution in [0.1, 0.15) is 65.5 Å².